The summed E-state index contributed by atoms with van der Waals surface area (Å²) in [7, 11) is 0. The van der Waals surface area contributed by atoms with E-state index in [4.69, 9.17) is 9.47 Å². The van der Waals surface area contributed by atoms with Crippen LogP contribution >= 0.6 is 0 Å². The monoisotopic (exact) mass is 403 g/mol. The van der Waals surface area contributed by atoms with Gasteiger partial charge in [0.05, 0.1) is 0 Å². The Kier molecular flexibility index (Phi) is 4.57. The average molecular weight is 403 g/mol. The Morgan fingerprint density at radius 1 is 1.07 bits per heavy atom. The summed E-state index contributed by atoms with van der Waals surface area (Å²) in [6.45, 7) is 0.238. The number of benzene rings is 3. The second kappa shape index (κ2) is 7.08. The largest absolute Gasteiger partial charge is 0.477 e. The number of hydrogen-bond acceptors (Lipinski definition) is 5. The molecule has 0 saturated carbocycles. The van der Waals surface area contributed by atoms with Crippen LogP contribution in [0.15, 0.2) is 42.5 Å². The minimum Gasteiger partial charge on any atom is -0.477 e. The quantitative estimate of drug-likeness (QED) is 0.284. The maximum atomic E-state index is 14.3. The van der Waals surface area contributed by atoms with Crippen molar-refractivity contribution in [2.75, 3.05) is 0 Å². The van der Waals surface area contributed by atoms with Gasteiger partial charge in [0, 0.05) is 39.3 Å². The number of rotatable bonds is 4. The van der Waals surface area contributed by atoms with E-state index in [-0.39, 0.29) is 24.4 Å². The lowest BCUT2D eigenvalue weighted by atomic mass is 9.90. The van der Waals surface area contributed by atoms with Gasteiger partial charge in [-0.25, -0.2) is 13.2 Å². The molecular weight excluding hydrogens is 391 g/mol. The van der Waals surface area contributed by atoms with Crippen molar-refractivity contribution >= 4 is 17.2 Å². The fraction of sp³-hybridized carbons (Fsp3) is 0.150. The van der Waals surface area contributed by atoms with Crippen molar-refractivity contribution in [3.05, 3.63) is 81.2 Å². The first kappa shape index (κ1) is 18.7. The highest BCUT2D eigenvalue weighted by Crippen LogP contribution is 2.44. The molecule has 0 saturated heterocycles. The minimum atomic E-state index is -1.48. The van der Waals surface area contributed by atoms with Crippen LogP contribution in [-0.4, -0.2) is 17.4 Å². The Bertz CT molecular complexity index is 1150. The Labute approximate surface area is 161 Å². The highest BCUT2D eigenvalue weighted by molar-refractivity contribution is 5.95. The molecule has 0 fully saturated rings. The third-order valence-corrected chi connectivity index (χ3v) is 4.85. The van der Waals surface area contributed by atoms with E-state index in [2.05, 4.69) is 0 Å². The van der Waals surface area contributed by atoms with Gasteiger partial charge < -0.3 is 9.47 Å². The lowest BCUT2D eigenvalue weighted by molar-refractivity contribution is -0.535. The minimum absolute atomic E-state index is 0.189. The summed E-state index contributed by atoms with van der Waals surface area (Å²) in [4.78, 5) is 21.8. The molecule has 3 aromatic rings. The zero-order valence-electron chi connectivity index (χ0n) is 14.6. The average Bonchev–Trinajstić information content (AvgIpc) is 2.70. The molecule has 6 nitrogen and oxygen atoms in total. The summed E-state index contributed by atoms with van der Waals surface area (Å²) in [5, 5.41) is 12.6. The topological polar surface area (TPSA) is 78.7 Å². The molecule has 2 unspecified atom stereocenters. The standard InChI is InChI=1S/C20H12F3NO5/c21-14-8-16(23)15(22)7-13(14)20-17(24(26)27)5-10-6-18(28-9-25)11-3-1-2-4-12(11)19(10)29-20/h1-4,6-9,17,20H,5H2. The molecule has 9 heteroatoms. The third kappa shape index (κ3) is 3.14. The number of carbonyl (C=O) groups excluding carboxylic acids is 1. The zero-order chi connectivity index (χ0) is 20.7. The van der Waals surface area contributed by atoms with Crippen LogP contribution in [0.1, 0.15) is 17.2 Å². The van der Waals surface area contributed by atoms with Gasteiger partial charge in [-0.2, -0.15) is 0 Å². The van der Waals surface area contributed by atoms with Crippen LogP contribution in [0, 0.1) is 27.6 Å². The molecule has 3 aromatic carbocycles. The van der Waals surface area contributed by atoms with Crippen LogP contribution in [0.4, 0.5) is 13.2 Å². The smallest absolute Gasteiger partial charge is 0.298 e. The van der Waals surface area contributed by atoms with Gasteiger partial charge in [0.15, 0.2) is 17.7 Å². The second-order valence-electron chi connectivity index (χ2n) is 6.51. The first-order chi connectivity index (χ1) is 13.9. The molecule has 1 aliphatic heterocycles. The molecule has 2 atom stereocenters. The van der Waals surface area contributed by atoms with Crippen molar-refractivity contribution in [1.29, 1.82) is 0 Å². The number of nitrogens with zero attached hydrogens (tertiary/aromatic N) is 1. The van der Waals surface area contributed by atoms with Crippen LogP contribution in [0.3, 0.4) is 0 Å². The Morgan fingerprint density at radius 3 is 2.45 bits per heavy atom. The molecule has 0 aromatic heterocycles. The van der Waals surface area contributed by atoms with E-state index in [0.717, 1.165) is 0 Å². The van der Waals surface area contributed by atoms with Gasteiger partial charge in [-0.05, 0) is 12.1 Å². The third-order valence-electron chi connectivity index (χ3n) is 4.85. The SMILES string of the molecule is O=COc1cc2c(c3ccccc13)OC(c1cc(F)c(F)cc1F)C([N+](=O)[O-])C2. The van der Waals surface area contributed by atoms with Gasteiger partial charge in [0.1, 0.15) is 17.3 Å². The maximum absolute atomic E-state index is 14.3. The number of ether oxygens (including phenoxy) is 2. The molecule has 0 N–H and O–H groups in total. The normalized spacial score (nSPS) is 18.0. The maximum Gasteiger partial charge on any atom is 0.298 e. The number of halogens is 3. The van der Waals surface area contributed by atoms with Gasteiger partial charge in [-0.15, -0.1) is 0 Å². The van der Waals surface area contributed by atoms with E-state index in [1.165, 1.54) is 6.07 Å². The van der Waals surface area contributed by atoms with Crippen LogP contribution in [0.5, 0.6) is 11.5 Å². The van der Waals surface area contributed by atoms with Gasteiger partial charge in [0.2, 0.25) is 0 Å². The number of hydrogen-bond donors (Lipinski definition) is 0. The molecule has 1 heterocycles. The van der Waals surface area contributed by atoms with E-state index < -0.39 is 40.1 Å². The molecule has 148 valence electrons. The van der Waals surface area contributed by atoms with Crippen molar-refractivity contribution in [3.63, 3.8) is 0 Å². The van der Waals surface area contributed by atoms with Crippen LogP contribution < -0.4 is 9.47 Å². The lowest BCUT2D eigenvalue weighted by Gasteiger charge is -2.30. The molecule has 0 aliphatic carbocycles. The van der Waals surface area contributed by atoms with Crippen LogP contribution in [0.25, 0.3) is 10.8 Å². The predicted octanol–water partition coefficient (Wildman–Crippen LogP) is 4.11. The Morgan fingerprint density at radius 2 is 1.76 bits per heavy atom. The predicted molar refractivity (Wildman–Crippen MR) is 94.8 cm³/mol. The molecule has 4 rings (SSSR count). The van der Waals surface area contributed by atoms with Crippen molar-refractivity contribution in [3.8, 4) is 11.5 Å². The van der Waals surface area contributed by atoms with Gasteiger partial charge >= 0.3 is 0 Å². The highest BCUT2D eigenvalue weighted by atomic mass is 19.2. The lowest BCUT2D eigenvalue weighted by Crippen LogP contribution is -2.37. The van der Waals surface area contributed by atoms with Crippen LogP contribution in [0.2, 0.25) is 0 Å². The summed E-state index contributed by atoms with van der Waals surface area (Å²) >= 11 is 0. The molecule has 29 heavy (non-hydrogen) atoms. The molecule has 0 bridgehead atoms. The Balaban J connectivity index is 1.91. The van der Waals surface area contributed by atoms with Crippen molar-refractivity contribution < 1.29 is 32.4 Å². The van der Waals surface area contributed by atoms with Crippen molar-refractivity contribution in [2.24, 2.45) is 0 Å². The molecule has 0 radical (unpaired) electrons. The fourth-order valence-corrected chi connectivity index (χ4v) is 3.56. The van der Waals surface area contributed by atoms with E-state index in [0.29, 0.717) is 28.5 Å². The van der Waals surface area contributed by atoms with Crippen molar-refractivity contribution in [2.45, 2.75) is 18.6 Å². The number of nitro groups is 1. The molecule has 1 aliphatic rings. The molecule has 0 spiro atoms. The van der Waals surface area contributed by atoms with E-state index >= 15 is 0 Å². The summed E-state index contributed by atoms with van der Waals surface area (Å²) in [6.07, 6.45) is -1.67. The summed E-state index contributed by atoms with van der Waals surface area (Å²) in [5.74, 6) is -3.46. The fourth-order valence-electron chi connectivity index (χ4n) is 3.56. The first-order valence-corrected chi connectivity index (χ1v) is 8.50. The van der Waals surface area contributed by atoms with E-state index in [9.17, 15) is 28.1 Å². The number of carbonyl (C=O) groups is 1. The summed E-state index contributed by atoms with van der Waals surface area (Å²) in [6, 6.07) is 7.57. The van der Waals surface area contributed by atoms with Crippen molar-refractivity contribution in [1.82, 2.24) is 0 Å². The van der Waals surface area contributed by atoms with E-state index in [1.807, 2.05) is 0 Å². The summed E-state index contributed by atoms with van der Waals surface area (Å²) < 4.78 is 52.1. The Hall–Kier alpha value is -3.62. The number of fused-ring (bicyclic) bond motifs is 3. The van der Waals surface area contributed by atoms with E-state index in [1.54, 1.807) is 24.3 Å². The first-order valence-electron chi connectivity index (χ1n) is 8.50. The second-order valence-corrected chi connectivity index (χ2v) is 6.51. The highest BCUT2D eigenvalue weighted by Gasteiger charge is 2.42. The van der Waals surface area contributed by atoms with Gasteiger partial charge in [-0.3, -0.25) is 14.9 Å². The molecule has 0 amide bonds. The van der Waals surface area contributed by atoms with Gasteiger partial charge in [-0.1, -0.05) is 24.3 Å². The summed E-state index contributed by atoms with van der Waals surface area (Å²) in [5.41, 5.74) is -0.0740. The molecular formula is C20H12F3NO5. The van der Waals surface area contributed by atoms with Gasteiger partial charge in [0.25, 0.3) is 12.5 Å². The zero-order valence-corrected chi connectivity index (χ0v) is 14.6. The van der Waals surface area contributed by atoms with Crippen LogP contribution in [-0.2, 0) is 11.2 Å².